The van der Waals surface area contributed by atoms with Crippen LogP contribution in [0, 0.1) is 5.92 Å². The third kappa shape index (κ3) is 6.22. The maximum absolute atomic E-state index is 5.66. The minimum absolute atomic E-state index is 0.661. The molecule has 0 amide bonds. The smallest absolute Gasteiger partial charge is 0.123 e. The van der Waals surface area contributed by atoms with Gasteiger partial charge in [0.15, 0.2) is 0 Å². The van der Waals surface area contributed by atoms with Gasteiger partial charge in [0.1, 0.15) is 5.76 Å². The number of unbranched alkanes of at least 4 members (excludes halogenated alkanes) is 2. The maximum atomic E-state index is 5.66. The zero-order valence-electron chi connectivity index (χ0n) is 12.0. The molecule has 0 aliphatic rings. The van der Waals surface area contributed by atoms with E-state index in [0.717, 1.165) is 31.9 Å². The Morgan fingerprint density at radius 2 is 2.17 bits per heavy atom. The van der Waals surface area contributed by atoms with E-state index in [1.807, 2.05) is 6.07 Å². The molecule has 18 heavy (non-hydrogen) atoms. The van der Waals surface area contributed by atoms with Gasteiger partial charge in [-0.25, -0.2) is 0 Å². The predicted molar refractivity (Wildman–Crippen MR) is 74.4 cm³/mol. The molecule has 104 valence electrons. The van der Waals surface area contributed by atoms with E-state index in [2.05, 4.69) is 26.1 Å². The van der Waals surface area contributed by atoms with Crippen molar-refractivity contribution < 1.29 is 9.15 Å². The quantitative estimate of drug-likeness (QED) is 0.645. The normalized spacial score (nSPS) is 11.3. The number of furan rings is 1. The lowest BCUT2D eigenvalue weighted by Crippen LogP contribution is -2.19. The van der Waals surface area contributed by atoms with Crippen LogP contribution in [0.2, 0.25) is 0 Å². The fraction of sp³-hybridized carbons (Fsp3) is 0.733. The Hall–Kier alpha value is -0.800. The average molecular weight is 253 g/mol. The first-order valence-corrected chi connectivity index (χ1v) is 7.07. The van der Waals surface area contributed by atoms with Gasteiger partial charge in [-0.05, 0) is 24.9 Å². The van der Waals surface area contributed by atoms with Crippen molar-refractivity contribution in [3.63, 3.8) is 0 Å². The largest absolute Gasteiger partial charge is 0.468 e. The van der Waals surface area contributed by atoms with Crippen LogP contribution in [0.1, 0.15) is 51.4 Å². The molecular formula is C15H27NO2. The highest BCUT2D eigenvalue weighted by Gasteiger charge is 2.06. The summed E-state index contributed by atoms with van der Waals surface area (Å²) in [7, 11) is 0. The van der Waals surface area contributed by atoms with Crippen molar-refractivity contribution in [3.05, 3.63) is 23.7 Å². The minimum atomic E-state index is 0.661. The lowest BCUT2D eigenvalue weighted by Gasteiger charge is -2.07. The lowest BCUT2D eigenvalue weighted by atomic mass is 10.2. The third-order valence-corrected chi connectivity index (χ3v) is 2.83. The van der Waals surface area contributed by atoms with E-state index in [1.165, 1.54) is 18.4 Å². The van der Waals surface area contributed by atoms with Gasteiger partial charge in [-0.2, -0.15) is 0 Å². The fourth-order valence-electron chi connectivity index (χ4n) is 1.76. The van der Waals surface area contributed by atoms with Crippen LogP contribution < -0.4 is 5.32 Å². The van der Waals surface area contributed by atoms with E-state index in [-0.39, 0.29) is 0 Å². The average Bonchev–Trinajstić information content (AvgIpc) is 2.76. The molecule has 1 heterocycles. The molecule has 0 bridgehead atoms. The van der Waals surface area contributed by atoms with Crippen LogP contribution in [0.15, 0.2) is 16.7 Å². The molecular weight excluding hydrogens is 226 g/mol. The molecule has 0 saturated carbocycles. The van der Waals surface area contributed by atoms with Gasteiger partial charge in [-0.1, -0.05) is 33.6 Å². The van der Waals surface area contributed by atoms with E-state index in [0.29, 0.717) is 12.5 Å². The molecule has 0 fully saturated rings. The molecule has 0 aliphatic heterocycles. The van der Waals surface area contributed by atoms with Crippen molar-refractivity contribution in [1.29, 1.82) is 0 Å². The topological polar surface area (TPSA) is 34.4 Å². The molecule has 3 nitrogen and oxygen atoms in total. The van der Waals surface area contributed by atoms with Crippen molar-refractivity contribution in [2.24, 2.45) is 5.92 Å². The Labute approximate surface area is 111 Å². The fourth-order valence-corrected chi connectivity index (χ4v) is 1.76. The summed E-state index contributed by atoms with van der Waals surface area (Å²) in [6, 6.07) is 2.01. The summed E-state index contributed by atoms with van der Waals surface area (Å²) in [4.78, 5) is 0. The van der Waals surface area contributed by atoms with Crippen molar-refractivity contribution in [1.82, 2.24) is 5.32 Å². The van der Waals surface area contributed by atoms with Crippen molar-refractivity contribution in [2.45, 2.75) is 53.2 Å². The van der Waals surface area contributed by atoms with Gasteiger partial charge in [0.05, 0.1) is 19.4 Å². The van der Waals surface area contributed by atoms with Gasteiger partial charge in [0, 0.05) is 12.2 Å². The highest BCUT2D eigenvalue weighted by atomic mass is 16.5. The molecule has 0 atom stereocenters. The Kier molecular flexibility index (Phi) is 7.78. The first-order valence-electron chi connectivity index (χ1n) is 7.07. The Balaban J connectivity index is 2.22. The summed E-state index contributed by atoms with van der Waals surface area (Å²) in [6.45, 7) is 9.92. The van der Waals surface area contributed by atoms with Crippen LogP contribution in [0.25, 0.3) is 0 Å². The molecule has 0 spiro atoms. The summed E-state index contributed by atoms with van der Waals surface area (Å²) in [5.41, 5.74) is 1.17. The molecule has 3 heteroatoms. The lowest BCUT2D eigenvalue weighted by molar-refractivity contribution is 0.115. The number of nitrogens with one attached hydrogen (secondary N) is 1. The van der Waals surface area contributed by atoms with E-state index >= 15 is 0 Å². The highest BCUT2D eigenvalue weighted by Crippen LogP contribution is 2.12. The van der Waals surface area contributed by atoms with Crippen molar-refractivity contribution >= 4 is 0 Å². The monoisotopic (exact) mass is 253 g/mol. The zero-order valence-corrected chi connectivity index (χ0v) is 12.0. The number of hydrogen-bond donors (Lipinski definition) is 1. The minimum Gasteiger partial charge on any atom is -0.468 e. The summed E-state index contributed by atoms with van der Waals surface area (Å²) in [5, 5.41) is 3.39. The summed E-state index contributed by atoms with van der Waals surface area (Å²) < 4.78 is 11.1. The van der Waals surface area contributed by atoms with E-state index in [9.17, 15) is 0 Å². The number of ether oxygens (including phenoxy) is 1. The van der Waals surface area contributed by atoms with Crippen molar-refractivity contribution in [2.75, 3.05) is 13.2 Å². The zero-order chi connectivity index (χ0) is 13.2. The second-order valence-corrected chi connectivity index (χ2v) is 5.15. The van der Waals surface area contributed by atoms with Gasteiger partial charge in [-0.3, -0.25) is 0 Å². The number of rotatable bonds is 10. The number of hydrogen-bond acceptors (Lipinski definition) is 3. The third-order valence-electron chi connectivity index (χ3n) is 2.83. The molecule has 0 aliphatic carbocycles. The maximum Gasteiger partial charge on any atom is 0.123 e. The van der Waals surface area contributed by atoms with E-state index < -0.39 is 0 Å². The second-order valence-electron chi connectivity index (χ2n) is 5.15. The molecule has 1 rings (SSSR count). The molecule has 1 aromatic heterocycles. The Morgan fingerprint density at radius 1 is 1.33 bits per heavy atom. The van der Waals surface area contributed by atoms with Gasteiger partial charge >= 0.3 is 0 Å². The molecule has 0 aromatic carbocycles. The molecule has 0 unspecified atom stereocenters. The van der Waals surface area contributed by atoms with Gasteiger partial charge in [0.2, 0.25) is 0 Å². The first-order chi connectivity index (χ1) is 8.74. The van der Waals surface area contributed by atoms with E-state index in [1.54, 1.807) is 6.26 Å². The second kappa shape index (κ2) is 9.17. The summed E-state index contributed by atoms with van der Waals surface area (Å²) in [5.74, 6) is 1.67. The Morgan fingerprint density at radius 3 is 2.89 bits per heavy atom. The molecule has 0 saturated heterocycles. The Bertz CT molecular complexity index is 307. The van der Waals surface area contributed by atoms with Crippen molar-refractivity contribution in [3.8, 4) is 0 Å². The molecule has 1 N–H and O–H groups in total. The van der Waals surface area contributed by atoms with E-state index in [4.69, 9.17) is 9.15 Å². The van der Waals surface area contributed by atoms with Crippen LogP contribution in [0.5, 0.6) is 0 Å². The summed E-state index contributed by atoms with van der Waals surface area (Å²) in [6.07, 6.45) is 5.38. The van der Waals surface area contributed by atoms with Crippen LogP contribution in [0.4, 0.5) is 0 Å². The van der Waals surface area contributed by atoms with Gasteiger partial charge in [-0.15, -0.1) is 0 Å². The van der Waals surface area contributed by atoms with Crippen LogP contribution >= 0.6 is 0 Å². The van der Waals surface area contributed by atoms with Gasteiger partial charge in [0.25, 0.3) is 0 Å². The SMILES string of the molecule is CCCCCOCc1ccoc1CNCC(C)C. The van der Waals surface area contributed by atoms with Crippen LogP contribution in [-0.4, -0.2) is 13.2 Å². The predicted octanol–water partition coefficient (Wildman–Crippen LogP) is 3.73. The molecule has 1 aromatic rings. The van der Waals surface area contributed by atoms with Crippen LogP contribution in [0.3, 0.4) is 0 Å². The van der Waals surface area contributed by atoms with Gasteiger partial charge < -0.3 is 14.5 Å². The van der Waals surface area contributed by atoms with Crippen LogP contribution in [-0.2, 0) is 17.9 Å². The summed E-state index contributed by atoms with van der Waals surface area (Å²) >= 11 is 0. The highest BCUT2D eigenvalue weighted by molar-refractivity contribution is 5.15. The standard InChI is InChI=1S/C15H27NO2/c1-4-5-6-8-17-12-14-7-9-18-15(14)11-16-10-13(2)3/h7,9,13,16H,4-6,8,10-12H2,1-3H3. The molecule has 0 radical (unpaired) electrons. The first kappa shape index (κ1) is 15.3.